The Bertz CT molecular complexity index is 62.3. The summed E-state index contributed by atoms with van der Waals surface area (Å²) in [5, 5.41) is 3.29. The lowest BCUT2D eigenvalue weighted by molar-refractivity contribution is 0.601. The van der Waals surface area contributed by atoms with Gasteiger partial charge in [0, 0.05) is 11.8 Å². The first-order valence-electron chi connectivity index (χ1n) is 4.10. The fourth-order valence-electron chi connectivity index (χ4n) is 0.775. The molecule has 0 heterocycles. The predicted molar refractivity (Wildman–Crippen MR) is 50.8 cm³/mol. The second-order valence-electron chi connectivity index (χ2n) is 2.47. The summed E-state index contributed by atoms with van der Waals surface area (Å²) in [7, 11) is 2.04. The van der Waals surface area contributed by atoms with Gasteiger partial charge in [-0.05, 0) is 25.6 Å². The van der Waals surface area contributed by atoms with Crippen LogP contribution in [-0.2, 0) is 0 Å². The van der Waals surface area contributed by atoms with Crippen LogP contribution in [0.25, 0.3) is 0 Å². The third-order valence-electron chi connectivity index (χ3n) is 1.57. The fraction of sp³-hybridized carbons (Fsp3) is 1.00. The molecule has 1 N–H and O–H groups in total. The van der Waals surface area contributed by atoms with Crippen LogP contribution in [-0.4, -0.2) is 24.6 Å². The van der Waals surface area contributed by atoms with Gasteiger partial charge in [0.05, 0.1) is 0 Å². The number of nitrogens with one attached hydrogen (secondary N) is 1. The maximum Gasteiger partial charge on any atom is 0.0152 e. The molecule has 2 heteroatoms. The Hall–Kier alpha value is 0.310. The highest BCUT2D eigenvalue weighted by Gasteiger charge is 2.00. The van der Waals surface area contributed by atoms with Crippen molar-refractivity contribution in [2.75, 3.05) is 18.6 Å². The van der Waals surface area contributed by atoms with Crippen molar-refractivity contribution < 1.29 is 0 Å². The summed E-state index contributed by atoms with van der Waals surface area (Å²) in [6.07, 6.45) is 2.54. The zero-order valence-electron chi connectivity index (χ0n) is 7.31. The molecule has 0 aromatic rings. The Morgan fingerprint density at radius 2 is 2.10 bits per heavy atom. The molecule has 0 radical (unpaired) electrons. The topological polar surface area (TPSA) is 12.0 Å². The van der Waals surface area contributed by atoms with E-state index in [0.717, 1.165) is 6.04 Å². The summed E-state index contributed by atoms with van der Waals surface area (Å²) >= 11 is 2.05. The first-order chi connectivity index (χ1) is 4.85. The van der Waals surface area contributed by atoms with E-state index in [1.54, 1.807) is 0 Å². The monoisotopic (exact) mass is 161 g/mol. The van der Waals surface area contributed by atoms with Crippen molar-refractivity contribution in [2.24, 2.45) is 0 Å². The van der Waals surface area contributed by atoms with Crippen molar-refractivity contribution in [3.63, 3.8) is 0 Å². The van der Waals surface area contributed by atoms with Crippen molar-refractivity contribution >= 4 is 11.8 Å². The third kappa shape index (κ3) is 5.12. The molecule has 0 amide bonds. The summed E-state index contributed by atoms with van der Waals surface area (Å²) in [5.41, 5.74) is 0. The normalized spacial score (nSPS) is 13.5. The van der Waals surface area contributed by atoms with Gasteiger partial charge in [-0.1, -0.05) is 13.8 Å². The highest BCUT2D eigenvalue weighted by Crippen LogP contribution is 2.05. The van der Waals surface area contributed by atoms with Crippen molar-refractivity contribution in [1.82, 2.24) is 5.32 Å². The molecule has 0 bridgehead atoms. The first-order valence-corrected chi connectivity index (χ1v) is 5.25. The average Bonchev–Trinajstić information content (AvgIpc) is 1.99. The molecule has 1 unspecified atom stereocenters. The van der Waals surface area contributed by atoms with Gasteiger partial charge in [0.2, 0.25) is 0 Å². The second-order valence-corrected chi connectivity index (χ2v) is 3.62. The van der Waals surface area contributed by atoms with Gasteiger partial charge >= 0.3 is 0 Å². The minimum Gasteiger partial charge on any atom is -0.316 e. The minimum atomic E-state index is 0.719. The van der Waals surface area contributed by atoms with Crippen LogP contribution in [0.4, 0.5) is 0 Å². The van der Waals surface area contributed by atoms with Crippen LogP contribution < -0.4 is 5.32 Å². The summed E-state index contributed by atoms with van der Waals surface area (Å²) in [6, 6.07) is 0.719. The Balaban J connectivity index is 3.09. The SMILES string of the molecule is CCCSCC(CC)NC. The maximum absolute atomic E-state index is 3.29. The second kappa shape index (κ2) is 7.42. The molecule has 0 aromatic carbocycles. The third-order valence-corrected chi connectivity index (χ3v) is 2.90. The van der Waals surface area contributed by atoms with Gasteiger partial charge in [-0.2, -0.15) is 11.8 Å². The van der Waals surface area contributed by atoms with E-state index < -0.39 is 0 Å². The smallest absolute Gasteiger partial charge is 0.0152 e. The molecular formula is C8H19NS. The molecule has 1 nitrogen and oxygen atoms in total. The van der Waals surface area contributed by atoms with E-state index in [1.807, 2.05) is 18.8 Å². The van der Waals surface area contributed by atoms with Crippen molar-refractivity contribution in [2.45, 2.75) is 32.7 Å². The van der Waals surface area contributed by atoms with Crippen LogP contribution in [0.5, 0.6) is 0 Å². The summed E-state index contributed by atoms with van der Waals surface area (Å²) in [4.78, 5) is 0. The Kier molecular flexibility index (Phi) is 7.65. The highest BCUT2D eigenvalue weighted by molar-refractivity contribution is 7.99. The maximum atomic E-state index is 3.29. The van der Waals surface area contributed by atoms with E-state index in [2.05, 4.69) is 19.2 Å². The van der Waals surface area contributed by atoms with Gasteiger partial charge in [-0.3, -0.25) is 0 Å². The van der Waals surface area contributed by atoms with E-state index in [0.29, 0.717) is 0 Å². The lowest BCUT2D eigenvalue weighted by Crippen LogP contribution is -2.26. The minimum absolute atomic E-state index is 0.719. The standard InChI is InChI=1S/C8H19NS/c1-4-6-10-7-8(5-2)9-3/h8-9H,4-7H2,1-3H3. The van der Waals surface area contributed by atoms with Crippen molar-refractivity contribution in [1.29, 1.82) is 0 Å². The molecule has 0 aliphatic heterocycles. The number of rotatable bonds is 6. The van der Waals surface area contributed by atoms with Crippen LogP contribution in [0.2, 0.25) is 0 Å². The fourth-order valence-corrected chi connectivity index (χ4v) is 1.92. The summed E-state index contributed by atoms with van der Waals surface area (Å²) < 4.78 is 0. The molecule has 1 atom stereocenters. The average molecular weight is 161 g/mol. The molecule has 0 fully saturated rings. The van der Waals surface area contributed by atoms with Crippen molar-refractivity contribution in [3.05, 3.63) is 0 Å². The van der Waals surface area contributed by atoms with Crippen LogP contribution in [0.15, 0.2) is 0 Å². The van der Waals surface area contributed by atoms with E-state index in [9.17, 15) is 0 Å². The number of hydrogen-bond donors (Lipinski definition) is 1. The summed E-state index contributed by atoms with van der Waals surface area (Å²) in [6.45, 7) is 4.46. The van der Waals surface area contributed by atoms with Gasteiger partial charge < -0.3 is 5.32 Å². The Morgan fingerprint density at radius 1 is 1.40 bits per heavy atom. The van der Waals surface area contributed by atoms with Crippen LogP contribution in [0.3, 0.4) is 0 Å². The van der Waals surface area contributed by atoms with E-state index >= 15 is 0 Å². The lowest BCUT2D eigenvalue weighted by Gasteiger charge is -2.11. The largest absolute Gasteiger partial charge is 0.316 e. The van der Waals surface area contributed by atoms with E-state index in [4.69, 9.17) is 0 Å². The molecule has 0 rings (SSSR count). The number of thioether (sulfide) groups is 1. The molecule has 0 saturated heterocycles. The molecule has 0 aromatic heterocycles. The van der Waals surface area contributed by atoms with Gasteiger partial charge in [0.1, 0.15) is 0 Å². The zero-order valence-corrected chi connectivity index (χ0v) is 8.13. The molecule has 0 saturated carbocycles. The Labute approximate surface area is 69.0 Å². The van der Waals surface area contributed by atoms with Crippen molar-refractivity contribution in [3.8, 4) is 0 Å². The summed E-state index contributed by atoms with van der Waals surface area (Å²) in [5.74, 6) is 2.57. The molecule has 62 valence electrons. The molecule has 0 aliphatic carbocycles. The molecule has 0 aliphatic rings. The van der Waals surface area contributed by atoms with Crippen LogP contribution in [0.1, 0.15) is 26.7 Å². The van der Waals surface area contributed by atoms with E-state index in [-0.39, 0.29) is 0 Å². The van der Waals surface area contributed by atoms with Gasteiger partial charge in [-0.15, -0.1) is 0 Å². The highest BCUT2D eigenvalue weighted by atomic mass is 32.2. The molecular weight excluding hydrogens is 142 g/mol. The van der Waals surface area contributed by atoms with E-state index in [1.165, 1.54) is 24.3 Å². The van der Waals surface area contributed by atoms with Crippen LogP contribution in [0, 0.1) is 0 Å². The first kappa shape index (κ1) is 10.3. The van der Waals surface area contributed by atoms with Gasteiger partial charge in [-0.25, -0.2) is 0 Å². The Morgan fingerprint density at radius 3 is 2.50 bits per heavy atom. The predicted octanol–water partition coefficient (Wildman–Crippen LogP) is 2.13. The molecule has 10 heavy (non-hydrogen) atoms. The number of hydrogen-bond acceptors (Lipinski definition) is 2. The zero-order chi connectivity index (χ0) is 7.82. The molecule has 0 spiro atoms. The quantitative estimate of drug-likeness (QED) is 0.599. The van der Waals surface area contributed by atoms with Gasteiger partial charge in [0.25, 0.3) is 0 Å². The van der Waals surface area contributed by atoms with Crippen LogP contribution >= 0.6 is 11.8 Å². The van der Waals surface area contributed by atoms with Gasteiger partial charge in [0.15, 0.2) is 0 Å². The lowest BCUT2D eigenvalue weighted by atomic mass is 10.3.